The Labute approximate surface area is 166 Å². The molecule has 1 aliphatic rings. The third-order valence-electron chi connectivity index (χ3n) is 5.05. The van der Waals surface area contributed by atoms with Gasteiger partial charge in [0.25, 0.3) is 5.91 Å². The van der Waals surface area contributed by atoms with Gasteiger partial charge in [0, 0.05) is 26.2 Å². The molecule has 1 aliphatic heterocycles. The van der Waals surface area contributed by atoms with Gasteiger partial charge in [-0.05, 0) is 25.5 Å². The van der Waals surface area contributed by atoms with E-state index in [2.05, 4.69) is 0 Å². The van der Waals surface area contributed by atoms with E-state index >= 15 is 0 Å². The Morgan fingerprint density at radius 1 is 1.00 bits per heavy atom. The summed E-state index contributed by atoms with van der Waals surface area (Å²) in [6.07, 6.45) is 1.48. The summed E-state index contributed by atoms with van der Waals surface area (Å²) >= 11 is 0. The third-order valence-corrected chi connectivity index (χ3v) is 5.05. The molecule has 1 atom stereocenters. The molecule has 2 amide bonds. The minimum atomic E-state index is -0.868. The van der Waals surface area contributed by atoms with Gasteiger partial charge in [-0.2, -0.15) is 0 Å². The molecule has 0 bridgehead atoms. The summed E-state index contributed by atoms with van der Waals surface area (Å²) in [5.74, 6) is 0.967. The van der Waals surface area contributed by atoms with Crippen molar-refractivity contribution in [3.63, 3.8) is 0 Å². The number of hydrogen-bond acceptors (Lipinski definition) is 6. The number of carbonyl (C=O) groups is 2. The first-order chi connectivity index (χ1) is 13.3. The molecule has 0 spiro atoms. The van der Waals surface area contributed by atoms with Gasteiger partial charge >= 0.3 is 0 Å². The number of piperazine rings is 1. The van der Waals surface area contributed by atoms with Crippen LogP contribution in [0, 0.1) is 0 Å². The monoisotopic (exact) mass is 393 g/mol. The van der Waals surface area contributed by atoms with E-state index in [0.717, 1.165) is 6.42 Å². The molecule has 2 rings (SSSR count). The van der Waals surface area contributed by atoms with Gasteiger partial charge in [0.2, 0.25) is 11.7 Å². The summed E-state index contributed by atoms with van der Waals surface area (Å²) in [5.41, 5.74) is 5.70. The number of nitrogens with two attached hydrogens (primary N) is 1. The summed E-state index contributed by atoms with van der Waals surface area (Å²) < 4.78 is 16.0. The van der Waals surface area contributed by atoms with Crippen LogP contribution in [0.15, 0.2) is 12.1 Å². The normalized spacial score (nSPS) is 16.4. The number of hydrogen-bond donors (Lipinski definition) is 1. The van der Waals surface area contributed by atoms with E-state index in [1.54, 1.807) is 28.9 Å². The first kappa shape index (κ1) is 21.8. The molecule has 1 unspecified atom stereocenters. The summed E-state index contributed by atoms with van der Waals surface area (Å²) in [4.78, 5) is 29.2. The average Bonchev–Trinajstić information content (AvgIpc) is 2.71. The van der Waals surface area contributed by atoms with Gasteiger partial charge in [0.15, 0.2) is 11.5 Å². The number of carbonyl (C=O) groups excluding carboxylic acids is 2. The predicted octanol–water partition coefficient (Wildman–Crippen LogP) is 1.51. The minimum absolute atomic E-state index is 0.0647. The van der Waals surface area contributed by atoms with E-state index in [1.165, 1.54) is 21.3 Å². The van der Waals surface area contributed by atoms with Crippen molar-refractivity contribution in [2.45, 2.75) is 32.2 Å². The van der Waals surface area contributed by atoms with Crippen molar-refractivity contribution in [1.82, 2.24) is 9.80 Å². The number of ether oxygens (including phenoxy) is 3. The lowest BCUT2D eigenvalue weighted by Crippen LogP contribution is -2.58. The zero-order valence-corrected chi connectivity index (χ0v) is 17.4. The molecule has 8 nitrogen and oxygen atoms in total. The molecular formula is C20H31N3O5. The van der Waals surface area contributed by atoms with Crippen molar-refractivity contribution in [1.29, 1.82) is 0 Å². The van der Waals surface area contributed by atoms with E-state index in [1.807, 2.05) is 6.92 Å². The van der Waals surface area contributed by atoms with Crippen molar-refractivity contribution in [3.8, 4) is 17.2 Å². The molecule has 0 radical (unpaired) electrons. The van der Waals surface area contributed by atoms with Crippen LogP contribution in [-0.4, -0.2) is 74.7 Å². The quantitative estimate of drug-likeness (QED) is 0.755. The molecule has 156 valence electrons. The van der Waals surface area contributed by atoms with Gasteiger partial charge in [-0.1, -0.05) is 13.3 Å². The summed E-state index contributed by atoms with van der Waals surface area (Å²) in [6, 6.07) is 3.34. The van der Waals surface area contributed by atoms with Crippen LogP contribution in [0.5, 0.6) is 17.2 Å². The maximum Gasteiger partial charge on any atom is 0.257 e. The number of nitrogens with zero attached hydrogens (tertiary/aromatic N) is 2. The van der Waals surface area contributed by atoms with E-state index in [0.29, 0.717) is 55.4 Å². The molecule has 2 N–H and O–H groups in total. The van der Waals surface area contributed by atoms with Gasteiger partial charge in [-0.25, -0.2) is 0 Å². The van der Waals surface area contributed by atoms with E-state index in [9.17, 15) is 9.59 Å². The second-order valence-electron chi connectivity index (χ2n) is 7.13. The minimum Gasteiger partial charge on any atom is -0.493 e. The first-order valence-corrected chi connectivity index (χ1v) is 9.47. The van der Waals surface area contributed by atoms with Crippen LogP contribution < -0.4 is 19.9 Å². The van der Waals surface area contributed by atoms with Crippen molar-refractivity contribution < 1.29 is 23.8 Å². The Balaban J connectivity index is 2.13. The number of methoxy groups -OCH3 is 3. The maximum atomic E-state index is 13.0. The third kappa shape index (κ3) is 4.32. The smallest absolute Gasteiger partial charge is 0.257 e. The fourth-order valence-corrected chi connectivity index (χ4v) is 3.54. The van der Waals surface area contributed by atoms with Crippen LogP contribution >= 0.6 is 0 Å². The second kappa shape index (κ2) is 9.14. The highest BCUT2D eigenvalue weighted by Crippen LogP contribution is 2.40. The SMILES string of the molecule is CCCC(C)(N)C(=O)N1CCN(C(=O)c2ccc(OC)c(OC)c2OC)CC1. The van der Waals surface area contributed by atoms with Crippen LogP contribution in [-0.2, 0) is 4.79 Å². The van der Waals surface area contributed by atoms with Crippen LogP contribution in [0.2, 0.25) is 0 Å². The molecule has 0 saturated carbocycles. The van der Waals surface area contributed by atoms with Gasteiger partial charge < -0.3 is 29.7 Å². The van der Waals surface area contributed by atoms with Gasteiger partial charge in [0.1, 0.15) is 0 Å². The fourth-order valence-electron chi connectivity index (χ4n) is 3.54. The highest BCUT2D eigenvalue weighted by molar-refractivity contribution is 5.98. The number of benzene rings is 1. The molecule has 0 aliphatic carbocycles. The van der Waals surface area contributed by atoms with E-state index in [4.69, 9.17) is 19.9 Å². The molecule has 1 saturated heterocycles. The Bertz CT molecular complexity index is 712. The molecular weight excluding hydrogens is 362 g/mol. The van der Waals surface area contributed by atoms with Gasteiger partial charge in [-0.3, -0.25) is 9.59 Å². The summed E-state index contributed by atoms with van der Waals surface area (Å²) in [5, 5.41) is 0. The van der Waals surface area contributed by atoms with E-state index in [-0.39, 0.29) is 11.8 Å². The van der Waals surface area contributed by atoms with Crippen molar-refractivity contribution in [2.75, 3.05) is 47.5 Å². The molecule has 1 heterocycles. The number of rotatable bonds is 7. The summed E-state index contributed by atoms with van der Waals surface area (Å²) in [6.45, 7) is 5.55. The zero-order chi connectivity index (χ0) is 20.9. The van der Waals surface area contributed by atoms with Crippen LogP contribution in [0.25, 0.3) is 0 Å². The Kier molecular flexibility index (Phi) is 7.12. The first-order valence-electron chi connectivity index (χ1n) is 9.47. The standard InChI is InChI=1S/C20H31N3O5/c1-6-9-20(2,21)19(25)23-12-10-22(11-13-23)18(24)14-7-8-15(26-3)17(28-5)16(14)27-4/h7-8H,6,9-13,21H2,1-5H3. The van der Waals surface area contributed by atoms with Gasteiger partial charge in [0.05, 0.1) is 32.4 Å². The molecule has 0 aromatic heterocycles. The van der Waals surface area contributed by atoms with Crippen molar-refractivity contribution >= 4 is 11.8 Å². The molecule has 28 heavy (non-hydrogen) atoms. The van der Waals surface area contributed by atoms with Crippen molar-refractivity contribution in [3.05, 3.63) is 17.7 Å². The molecule has 8 heteroatoms. The zero-order valence-electron chi connectivity index (χ0n) is 17.4. The van der Waals surface area contributed by atoms with Crippen LogP contribution in [0.3, 0.4) is 0 Å². The number of amides is 2. The highest BCUT2D eigenvalue weighted by Gasteiger charge is 2.35. The van der Waals surface area contributed by atoms with Crippen LogP contribution in [0.1, 0.15) is 37.0 Å². The molecule has 1 aromatic rings. The average molecular weight is 393 g/mol. The lowest BCUT2D eigenvalue weighted by molar-refractivity contribution is -0.138. The largest absolute Gasteiger partial charge is 0.493 e. The second-order valence-corrected chi connectivity index (χ2v) is 7.13. The predicted molar refractivity (Wildman–Crippen MR) is 106 cm³/mol. The lowest BCUT2D eigenvalue weighted by atomic mass is 9.95. The molecule has 1 aromatic carbocycles. The lowest BCUT2D eigenvalue weighted by Gasteiger charge is -2.38. The van der Waals surface area contributed by atoms with Crippen LogP contribution in [0.4, 0.5) is 0 Å². The molecule has 1 fully saturated rings. The fraction of sp³-hybridized carbons (Fsp3) is 0.600. The van der Waals surface area contributed by atoms with Crippen molar-refractivity contribution in [2.24, 2.45) is 5.73 Å². The maximum absolute atomic E-state index is 13.0. The Hall–Kier alpha value is -2.48. The van der Waals surface area contributed by atoms with Gasteiger partial charge in [-0.15, -0.1) is 0 Å². The highest BCUT2D eigenvalue weighted by atomic mass is 16.5. The Morgan fingerprint density at radius 3 is 2.07 bits per heavy atom. The Morgan fingerprint density at radius 2 is 1.57 bits per heavy atom. The topological polar surface area (TPSA) is 94.3 Å². The van der Waals surface area contributed by atoms with E-state index < -0.39 is 5.54 Å². The summed E-state index contributed by atoms with van der Waals surface area (Å²) in [7, 11) is 4.51.